The molecule has 0 spiro atoms. The highest BCUT2D eigenvalue weighted by molar-refractivity contribution is 6.02. The van der Waals surface area contributed by atoms with Crippen molar-refractivity contribution in [3.05, 3.63) is 101 Å². The molecule has 7 nitrogen and oxygen atoms in total. The van der Waals surface area contributed by atoms with Crippen molar-refractivity contribution >= 4 is 28.5 Å². The molecule has 0 heterocycles. The van der Waals surface area contributed by atoms with E-state index >= 15 is 0 Å². The van der Waals surface area contributed by atoms with Gasteiger partial charge in [0.2, 0.25) is 0 Å². The fourth-order valence-electron chi connectivity index (χ4n) is 3.61. The quantitative estimate of drug-likeness (QED) is 0.111. The molecule has 0 radical (unpaired) electrons. The smallest absolute Gasteiger partial charge is 0.336 e. The third-order valence-electron chi connectivity index (χ3n) is 5.30. The van der Waals surface area contributed by atoms with Gasteiger partial charge in [0.25, 0.3) is 5.69 Å². The normalized spacial score (nSPS) is 10.9. The van der Waals surface area contributed by atoms with Crippen LogP contribution in [0, 0.1) is 10.1 Å². The predicted octanol–water partition coefficient (Wildman–Crippen LogP) is 6.05. The predicted molar refractivity (Wildman–Crippen MR) is 130 cm³/mol. The third kappa shape index (κ3) is 4.88. The van der Waals surface area contributed by atoms with E-state index in [-0.39, 0.29) is 11.4 Å². The Morgan fingerprint density at radius 1 is 0.824 bits per heavy atom. The van der Waals surface area contributed by atoms with E-state index in [1.807, 2.05) is 54.6 Å². The Morgan fingerprint density at radius 2 is 1.47 bits per heavy atom. The van der Waals surface area contributed by atoms with E-state index in [2.05, 4.69) is 0 Å². The van der Waals surface area contributed by atoms with Crippen molar-refractivity contribution in [2.75, 3.05) is 14.2 Å². The lowest BCUT2D eigenvalue weighted by atomic mass is 9.93. The number of nitro groups is 1. The van der Waals surface area contributed by atoms with Crippen LogP contribution in [0.25, 0.3) is 28.0 Å². The zero-order chi connectivity index (χ0) is 24.1. The number of esters is 1. The lowest BCUT2D eigenvalue weighted by Gasteiger charge is -2.13. The Hall–Kier alpha value is -4.65. The molecular weight excluding hydrogens is 434 g/mol. The van der Waals surface area contributed by atoms with Gasteiger partial charge in [-0.2, -0.15) is 0 Å². The molecule has 170 valence electrons. The summed E-state index contributed by atoms with van der Waals surface area (Å²) in [6, 6.07) is 22.8. The summed E-state index contributed by atoms with van der Waals surface area (Å²) >= 11 is 0. The molecule has 0 aliphatic heterocycles. The number of carbonyl (C=O) groups excluding carboxylic acids is 1. The molecular formula is C27H21NO6. The number of benzene rings is 4. The molecule has 0 N–H and O–H groups in total. The van der Waals surface area contributed by atoms with Crippen LogP contribution in [0.15, 0.2) is 84.9 Å². The van der Waals surface area contributed by atoms with Crippen LogP contribution in [0.5, 0.6) is 17.2 Å². The number of fused-ring (bicyclic) bond motifs is 1. The van der Waals surface area contributed by atoms with E-state index in [4.69, 9.17) is 14.2 Å². The van der Waals surface area contributed by atoms with Gasteiger partial charge in [-0.1, -0.05) is 30.3 Å². The summed E-state index contributed by atoms with van der Waals surface area (Å²) in [6.07, 6.45) is 3.02. The van der Waals surface area contributed by atoms with Gasteiger partial charge in [0.05, 0.1) is 19.1 Å². The molecule has 0 atom stereocenters. The van der Waals surface area contributed by atoms with Gasteiger partial charge >= 0.3 is 5.97 Å². The van der Waals surface area contributed by atoms with Crippen molar-refractivity contribution in [2.24, 2.45) is 0 Å². The van der Waals surface area contributed by atoms with Crippen molar-refractivity contribution < 1.29 is 23.9 Å². The Balaban J connectivity index is 1.68. The topological polar surface area (TPSA) is 87.9 Å². The van der Waals surface area contributed by atoms with Crippen molar-refractivity contribution in [2.45, 2.75) is 0 Å². The fourth-order valence-corrected chi connectivity index (χ4v) is 3.61. The highest BCUT2D eigenvalue weighted by atomic mass is 16.6. The van der Waals surface area contributed by atoms with Crippen molar-refractivity contribution in [3.8, 4) is 28.4 Å². The molecule has 34 heavy (non-hydrogen) atoms. The molecule has 0 aliphatic carbocycles. The van der Waals surface area contributed by atoms with Crippen LogP contribution >= 0.6 is 0 Å². The summed E-state index contributed by atoms with van der Waals surface area (Å²) in [5, 5.41) is 12.8. The molecule has 4 aromatic rings. The lowest BCUT2D eigenvalue weighted by Crippen LogP contribution is -2.03. The summed E-state index contributed by atoms with van der Waals surface area (Å²) in [7, 11) is 3.24. The lowest BCUT2D eigenvalue weighted by molar-refractivity contribution is -0.384. The molecule has 0 aliphatic rings. The molecule has 4 aromatic carbocycles. The van der Waals surface area contributed by atoms with Crippen LogP contribution in [0.4, 0.5) is 5.69 Å². The number of hydrogen-bond donors (Lipinski definition) is 0. The summed E-state index contributed by atoms with van der Waals surface area (Å²) in [4.78, 5) is 22.7. The fraction of sp³-hybridized carbons (Fsp3) is 0.0741. The van der Waals surface area contributed by atoms with Crippen LogP contribution < -0.4 is 14.2 Å². The van der Waals surface area contributed by atoms with E-state index < -0.39 is 10.9 Å². The van der Waals surface area contributed by atoms with Crippen LogP contribution in [0.1, 0.15) is 5.56 Å². The van der Waals surface area contributed by atoms with Gasteiger partial charge in [-0.15, -0.1) is 0 Å². The average Bonchev–Trinajstić information content (AvgIpc) is 2.87. The number of nitro benzene ring substituents is 1. The van der Waals surface area contributed by atoms with Gasteiger partial charge in [-0.05, 0) is 69.9 Å². The van der Waals surface area contributed by atoms with Gasteiger partial charge in [-0.25, -0.2) is 4.79 Å². The maximum absolute atomic E-state index is 12.4. The average molecular weight is 455 g/mol. The van der Waals surface area contributed by atoms with Gasteiger partial charge in [0.15, 0.2) is 0 Å². The van der Waals surface area contributed by atoms with E-state index in [9.17, 15) is 14.9 Å². The number of methoxy groups -OCH3 is 2. The Bertz CT molecular complexity index is 1380. The molecule has 0 unspecified atom stereocenters. The highest BCUT2D eigenvalue weighted by Crippen LogP contribution is 2.35. The number of rotatable bonds is 7. The first kappa shape index (κ1) is 22.5. The molecule has 0 bridgehead atoms. The minimum atomic E-state index is -0.593. The van der Waals surface area contributed by atoms with Crippen LogP contribution in [-0.4, -0.2) is 25.1 Å². The summed E-state index contributed by atoms with van der Waals surface area (Å²) < 4.78 is 15.9. The first-order valence-electron chi connectivity index (χ1n) is 10.4. The molecule has 0 fully saturated rings. The van der Waals surface area contributed by atoms with E-state index in [1.54, 1.807) is 20.3 Å². The highest BCUT2D eigenvalue weighted by Gasteiger charge is 2.11. The standard InChI is InChI=1S/C27H21NO6/c1-32-22-10-5-19(6-11-22)27-18(3-4-20-17-24(33-2)14-15-25(20)27)7-16-26(29)34-23-12-8-21(9-13-23)28(30)31/h3-17H,1-2H3/b16-7+. The zero-order valence-electron chi connectivity index (χ0n) is 18.6. The second-order valence-corrected chi connectivity index (χ2v) is 7.35. The van der Waals surface area contributed by atoms with Crippen LogP contribution in [-0.2, 0) is 4.79 Å². The van der Waals surface area contributed by atoms with Crippen molar-refractivity contribution in [1.29, 1.82) is 0 Å². The number of nitrogens with zero attached hydrogens (tertiary/aromatic N) is 1. The van der Waals surface area contributed by atoms with E-state index in [1.165, 1.54) is 30.3 Å². The monoisotopic (exact) mass is 455 g/mol. The minimum Gasteiger partial charge on any atom is -0.497 e. The summed E-state index contributed by atoms with van der Waals surface area (Å²) in [6.45, 7) is 0. The number of hydrogen-bond acceptors (Lipinski definition) is 6. The number of ether oxygens (including phenoxy) is 3. The molecule has 0 aromatic heterocycles. The molecule has 0 saturated carbocycles. The second kappa shape index (κ2) is 9.87. The van der Waals surface area contributed by atoms with Crippen LogP contribution in [0.2, 0.25) is 0 Å². The third-order valence-corrected chi connectivity index (χ3v) is 5.30. The van der Waals surface area contributed by atoms with Gasteiger partial charge in [0, 0.05) is 18.2 Å². The summed E-state index contributed by atoms with van der Waals surface area (Å²) in [5.74, 6) is 1.13. The largest absolute Gasteiger partial charge is 0.497 e. The van der Waals surface area contributed by atoms with Gasteiger partial charge < -0.3 is 14.2 Å². The molecule has 0 amide bonds. The van der Waals surface area contributed by atoms with Gasteiger partial charge in [0.1, 0.15) is 17.2 Å². The van der Waals surface area contributed by atoms with Crippen molar-refractivity contribution in [1.82, 2.24) is 0 Å². The number of carbonyl (C=O) groups is 1. The maximum atomic E-state index is 12.4. The Morgan fingerprint density at radius 3 is 2.12 bits per heavy atom. The first-order chi connectivity index (χ1) is 16.5. The second-order valence-electron chi connectivity index (χ2n) is 7.35. The zero-order valence-corrected chi connectivity index (χ0v) is 18.6. The summed E-state index contributed by atoms with van der Waals surface area (Å²) in [5.41, 5.74) is 2.65. The van der Waals surface area contributed by atoms with E-state index in [0.717, 1.165) is 39.0 Å². The molecule has 7 heteroatoms. The minimum absolute atomic E-state index is 0.0766. The van der Waals surface area contributed by atoms with Gasteiger partial charge in [-0.3, -0.25) is 10.1 Å². The van der Waals surface area contributed by atoms with Crippen LogP contribution in [0.3, 0.4) is 0 Å². The molecule has 4 rings (SSSR count). The molecule has 0 saturated heterocycles. The SMILES string of the molecule is COc1ccc(-c2c(/C=C/C(=O)Oc3ccc([N+](=O)[O-])cc3)ccc3cc(OC)ccc23)cc1. The van der Waals surface area contributed by atoms with Crippen molar-refractivity contribution in [3.63, 3.8) is 0 Å². The Labute approximate surface area is 196 Å². The number of non-ortho nitro benzene ring substituents is 1. The van der Waals surface area contributed by atoms with E-state index in [0.29, 0.717) is 0 Å². The Kier molecular flexibility index (Phi) is 6.54. The maximum Gasteiger partial charge on any atom is 0.336 e. The first-order valence-corrected chi connectivity index (χ1v) is 10.4.